The SMILES string of the molecule is CC[C@H](Nc1ncnc2[nH]cnc12)c1cc2ncc(Cl)n2nc1-c1ccccc1. The van der Waals surface area contributed by atoms with Crippen molar-refractivity contribution in [2.75, 3.05) is 5.32 Å². The summed E-state index contributed by atoms with van der Waals surface area (Å²) in [5, 5.41) is 8.78. The molecule has 0 aliphatic carbocycles. The molecule has 144 valence electrons. The van der Waals surface area contributed by atoms with Crippen LogP contribution in [0.4, 0.5) is 5.82 Å². The Labute approximate surface area is 171 Å². The Kier molecular flexibility index (Phi) is 4.33. The first kappa shape index (κ1) is 17.6. The summed E-state index contributed by atoms with van der Waals surface area (Å²) >= 11 is 6.27. The maximum atomic E-state index is 6.27. The number of aromatic nitrogens is 7. The number of rotatable bonds is 5. The maximum absolute atomic E-state index is 6.27. The van der Waals surface area contributed by atoms with Crippen molar-refractivity contribution in [2.24, 2.45) is 0 Å². The van der Waals surface area contributed by atoms with E-state index in [9.17, 15) is 0 Å². The summed E-state index contributed by atoms with van der Waals surface area (Å²) in [5.74, 6) is 0.670. The Morgan fingerprint density at radius 2 is 2.00 bits per heavy atom. The van der Waals surface area contributed by atoms with Gasteiger partial charge in [0.15, 0.2) is 22.3 Å². The Morgan fingerprint density at radius 3 is 2.83 bits per heavy atom. The van der Waals surface area contributed by atoms with Crippen molar-refractivity contribution in [1.29, 1.82) is 0 Å². The maximum Gasteiger partial charge on any atom is 0.162 e. The molecule has 0 aliphatic heterocycles. The number of aromatic amines is 1. The summed E-state index contributed by atoms with van der Waals surface area (Å²) < 4.78 is 1.65. The highest BCUT2D eigenvalue weighted by molar-refractivity contribution is 6.29. The van der Waals surface area contributed by atoms with Crippen molar-refractivity contribution in [3.63, 3.8) is 0 Å². The van der Waals surface area contributed by atoms with Crippen molar-refractivity contribution in [2.45, 2.75) is 19.4 Å². The lowest BCUT2D eigenvalue weighted by Gasteiger charge is -2.21. The zero-order chi connectivity index (χ0) is 19.8. The third-order valence-corrected chi connectivity index (χ3v) is 5.10. The van der Waals surface area contributed by atoms with Gasteiger partial charge >= 0.3 is 0 Å². The first-order valence-electron chi connectivity index (χ1n) is 9.25. The van der Waals surface area contributed by atoms with Gasteiger partial charge < -0.3 is 10.3 Å². The molecule has 5 aromatic rings. The third kappa shape index (κ3) is 3.07. The Balaban J connectivity index is 1.66. The van der Waals surface area contributed by atoms with Crippen molar-refractivity contribution >= 4 is 34.2 Å². The van der Waals surface area contributed by atoms with E-state index >= 15 is 0 Å². The number of benzene rings is 1. The summed E-state index contributed by atoms with van der Waals surface area (Å²) in [6, 6.07) is 12.0. The van der Waals surface area contributed by atoms with Gasteiger partial charge in [-0.25, -0.2) is 24.5 Å². The van der Waals surface area contributed by atoms with Gasteiger partial charge in [-0.2, -0.15) is 5.10 Å². The molecular weight excluding hydrogens is 388 g/mol. The second-order valence-electron chi connectivity index (χ2n) is 6.59. The van der Waals surface area contributed by atoms with E-state index < -0.39 is 0 Å². The number of nitrogens with zero attached hydrogens (tertiary/aromatic N) is 6. The normalized spacial score (nSPS) is 12.5. The summed E-state index contributed by atoms with van der Waals surface area (Å²) in [7, 11) is 0. The lowest BCUT2D eigenvalue weighted by molar-refractivity contribution is 0.736. The highest BCUT2D eigenvalue weighted by Gasteiger charge is 2.20. The average Bonchev–Trinajstić information content (AvgIpc) is 3.39. The molecule has 2 N–H and O–H groups in total. The number of H-pyrrole nitrogens is 1. The van der Waals surface area contributed by atoms with Crippen LogP contribution in [0.1, 0.15) is 24.9 Å². The van der Waals surface area contributed by atoms with Crippen LogP contribution in [-0.2, 0) is 0 Å². The molecule has 0 saturated carbocycles. The number of imidazole rings is 2. The smallest absolute Gasteiger partial charge is 0.162 e. The Hall–Kier alpha value is -3.52. The number of anilines is 1. The standard InChI is InChI=1S/C20H17ClN8/c1-2-14(27-20-18-19(24-10-23-18)25-11-26-20)13-8-16-22-9-15(21)29(16)28-17(13)12-6-4-3-5-7-12/h3-11,14H,2H2,1H3,(H2,23,24,25,26,27)/t14-/m0/s1. The molecule has 4 heterocycles. The molecule has 0 spiro atoms. The molecule has 9 heteroatoms. The van der Waals surface area contributed by atoms with Gasteiger partial charge in [0.1, 0.15) is 11.8 Å². The van der Waals surface area contributed by atoms with Gasteiger partial charge in [-0.15, -0.1) is 0 Å². The Morgan fingerprint density at radius 1 is 1.14 bits per heavy atom. The Bertz CT molecular complexity index is 1290. The molecule has 29 heavy (non-hydrogen) atoms. The predicted molar refractivity (Wildman–Crippen MR) is 112 cm³/mol. The van der Waals surface area contributed by atoms with Crippen LogP contribution in [0, 0.1) is 0 Å². The minimum atomic E-state index is -0.0621. The van der Waals surface area contributed by atoms with E-state index in [1.807, 2.05) is 36.4 Å². The number of fused-ring (bicyclic) bond motifs is 2. The summed E-state index contributed by atoms with van der Waals surface area (Å²) in [6.45, 7) is 2.11. The fourth-order valence-corrected chi connectivity index (χ4v) is 3.60. The largest absolute Gasteiger partial charge is 0.361 e. The van der Waals surface area contributed by atoms with Crippen molar-refractivity contribution in [1.82, 2.24) is 34.5 Å². The van der Waals surface area contributed by atoms with Gasteiger partial charge in [0, 0.05) is 11.1 Å². The number of halogens is 1. The highest BCUT2D eigenvalue weighted by atomic mass is 35.5. The van der Waals surface area contributed by atoms with Crippen LogP contribution in [-0.4, -0.2) is 34.5 Å². The van der Waals surface area contributed by atoms with Crippen LogP contribution in [0.5, 0.6) is 0 Å². The molecule has 4 aromatic heterocycles. The summed E-state index contributed by atoms with van der Waals surface area (Å²) in [4.78, 5) is 20.3. The fraction of sp³-hybridized carbons (Fsp3) is 0.150. The van der Waals surface area contributed by atoms with Crippen LogP contribution in [0.3, 0.4) is 0 Å². The molecule has 0 amide bonds. The van der Waals surface area contributed by atoms with E-state index in [0.29, 0.717) is 27.8 Å². The van der Waals surface area contributed by atoms with Gasteiger partial charge in [-0.3, -0.25) is 0 Å². The zero-order valence-corrected chi connectivity index (χ0v) is 16.3. The van der Waals surface area contributed by atoms with Gasteiger partial charge in [0.25, 0.3) is 0 Å². The topological polar surface area (TPSA) is 96.7 Å². The van der Waals surface area contributed by atoms with Crippen molar-refractivity contribution < 1.29 is 0 Å². The first-order valence-corrected chi connectivity index (χ1v) is 9.62. The van der Waals surface area contributed by atoms with Crippen LogP contribution < -0.4 is 5.32 Å². The van der Waals surface area contributed by atoms with E-state index in [-0.39, 0.29) is 6.04 Å². The van der Waals surface area contributed by atoms with E-state index in [0.717, 1.165) is 23.2 Å². The fourth-order valence-electron chi connectivity index (χ4n) is 3.42. The van der Waals surface area contributed by atoms with Crippen molar-refractivity contribution in [3.05, 3.63) is 66.0 Å². The molecule has 0 aliphatic rings. The van der Waals surface area contributed by atoms with Crippen LogP contribution >= 0.6 is 11.6 Å². The van der Waals surface area contributed by atoms with E-state index in [1.54, 1.807) is 17.0 Å². The highest BCUT2D eigenvalue weighted by Crippen LogP contribution is 2.32. The lowest BCUT2D eigenvalue weighted by atomic mass is 9.98. The quantitative estimate of drug-likeness (QED) is 0.454. The van der Waals surface area contributed by atoms with E-state index in [2.05, 4.69) is 37.2 Å². The van der Waals surface area contributed by atoms with Gasteiger partial charge in [0.2, 0.25) is 0 Å². The van der Waals surface area contributed by atoms with E-state index in [4.69, 9.17) is 16.7 Å². The number of hydrogen-bond donors (Lipinski definition) is 2. The zero-order valence-electron chi connectivity index (χ0n) is 15.5. The van der Waals surface area contributed by atoms with E-state index in [1.165, 1.54) is 6.33 Å². The second-order valence-corrected chi connectivity index (χ2v) is 6.98. The minimum absolute atomic E-state index is 0.0621. The predicted octanol–water partition coefficient (Wildman–Crippen LogP) is 4.28. The second kappa shape index (κ2) is 7.14. The van der Waals surface area contributed by atoms with Crippen LogP contribution in [0.25, 0.3) is 28.1 Å². The average molecular weight is 405 g/mol. The molecule has 0 saturated heterocycles. The monoisotopic (exact) mass is 404 g/mol. The molecule has 0 unspecified atom stereocenters. The van der Waals surface area contributed by atoms with Crippen LogP contribution in [0.15, 0.2) is 55.2 Å². The molecule has 0 bridgehead atoms. The van der Waals surface area contributed by atoms with Gasteiger partial charge in [0.05, 0.1) is 24.3 Å². The third-order valence-electron chi connectivity index (χ3n) is 4.84. The first-order chi connectivity index (χ1) is 14.2. The van der Waals surface area contributed by atoms with Gasteiger partial charge in [-0.05, 0) is 12.5 Å². The summed E-state index contributed by atoms with van der Waals surface area (Å²) in [5.41, 5.74) is 4.93. The molecule has 0 fully saturated rings. The van der Waals surface area contributed by atoms with Gasteiger partial charge in [-0.1, -0.05) is 48.9 Å². The molecule has 8 nitrogen and oxygen atoms in total. The number of nitrogens with one attached hydrogen (secondary N) is 2. The van der Waals surface area contributed by atoms with Crippen LogP contribution in [0.2, 0.25) is 5.15 Å². The summed E-state index contributed by atoms with van der Waals surface area (Å²) in [6.07, 6.45) is 5.54. The number of hydrogen-bond acceptors (Lipinski definition) is 6. The molecule has 1 atom stereocenters. The lowest BCUT2D eigenvalue weighted by Crippen LogP contribution is -2.14. The molecule has 5 rings (SSSR count). The molecular formula is C20H17ClN8. The molecule has 0 radical (unpaired) electrons. The van der Waals surface area contributed by atoms with Crippen molar-refractivity contribution in [3.8, 4) is 11.3 Å². The molecule has 1 aromatic carbocycles. The minimum Gasteiger partial charge on any atom is -0.361 e.